The van der Waals surface area contributed by atoms with Gasteiger partial charge in [0.15, 0.2) is 0 Å². The summed E-state index contributed by atoms with van der Waals surface area (Å²) in [5.74, 6) is 0.861. The van der Waals surface area contributed by atoms with Gasteiger partial charge in [-0.3, -0.25) is 9.88 Å². The molecule has 0 radical (unpaired) electrons. The van der Waals surface area contributed by atoms with E-state index in [0.717, 1.165) is 37.7 Å². The van der Waals surface area contributed by atoms with Gasteiger partial charge in [0.1, 0.15) is 5.82 Å². The molecule has 0 aliphatic carbocycles. The van der Waals surface area contributed by atoms with Crippen molar-refractivity contribution in [3.63, 3.8) is 0 Å². The second kappa shape index (κ2) is 9.73. The number of nitrogens with one attached hydrogen (secondary N) is 1. The normalized spacial score (nSPS) is 10.9. The average Bonchev–Trinajstić information content (AvgIpc) is 2.44. The fourth-order valence-corrected chi connectivity index (χ4v) is 1.97. The largest absolute Gasteiger partial charge is 0.369 e. The van der Waals surface area contributed by atoms with Gasteiger partial charge in [-0.25, -0.2) is 4.98 Å². The summed E-state index contributed by atoms with van der Waals surface area (Å²) in [6, 6.07) is 0. The molecule has 0 amide bonds. The Labute approximate surface area is 117 Å². The predicted octanol–water partition coefficient (Wildman–Crippen LogP) is 3.31. The summed E-state index contributed by atoms with van der Waals surface area (Å²) in [4.78, 5) is 11.4. The maximum atomic E-state index is 4.49. The number of aromatic nitrogens is 2. The molecule has 0 aromatic carbocycles. The highest BCUT2D eigenvalue weighted by atomic mass is 15.1. The molecule has 0 aliphatic rings. The Morgan fingerprint density at radius 2 is 1.68 bits per heavy atom. The Kier molecular flexibility index (Phi) is 8.14. The molecule has 0 atom stereocenters. The first-order valence-corrected chi connectivity index (χ1v) is 7.57. The predicted molar refractivity (Wildman–Crippen MR) is 81.3 cm³/mol. The highest BCUT2D eigenvalue weighted by molar-refractivity contribution is 5.30. The number of hydrogen-bond donors (Lipinski definition) is 1. The van der Waals surface area contributed by atoms with Crippen molar-refractivity contribution in [2.45, 2.75) is 53.0 Å². The molecule has 19 heavy (non-hydrogen) atoms. The van der Waals surface area contributed by atoms with Crippen LogP contribution in [0.1, 0.15) is 52.1 Å². The van der Waals surface area contributed by atoms with E-state index in [2.05, 4.69) is 41.0 Å². The topological polar surface area (TPSA) is 41.1 Å². The minimum Gasteiger partial charge on any atom is -0.369 e. The van der Waals surface area contributed by atoms with E-state index < -0.39 is 0 Å². The van der Waals surface area contributed by atoms with Crippen LogP contribution in [-0.4, -0.2) is 34.5 Å². The van der Waals surface area contributed by atoms with E-state index in [4.69, 9.17) is 0 Å². The third kappa shape index (κ3) is 6.53. The molecular formula is C15H28N4. The monoisotopic (exact) mass is 264 g/mol. The lowest BCUT2D eigenvalue weighted by Gasteiger charge is -2.21. The molecule has 0 bridgehead atoms. The van der Waals surface area contributed by atoms with Crippen molar-refractivity contribution < 1.29 is 0 Å². The van der Waals surface area contributed by atoms with Gasteiger partial charge < -0.3 is 5.32 Å². The molecular weight excluding hydrogens is 236 g/mol. The Hall–Kier alpha value is -1.16. The number of hydrogen-bond acceptors (Lipinski definition) is 4. The lowest BCUT2D eigenvalue weighted by atomic mass is 10.2. The fourth-order valence-electron chi connectivity index (χ4n) is 1.97. The second-order valence-electron chi connectivity index (χ2n) is 4.91. The number of nitrogens with zero attached hydrogens (tertiary/aromatic N) is 3. The Morgan fingerprint density at radius 3 is 2.16 bits per heavy atom. The Morgan fingerprint density at radius 1 is 1.00 bits per heavy atom. The first-order valence-electron chi connectivity index (χ1n) is 7.57. The van der Waals surface area contributed by atoms with Crippen molar-refractivity contribution in [2.24, 2.45) is 0 Å². The van der Waals surface area contributed by atoms with E-state index in [1.165, 1.54) is 25.7 Å². The summed E-state index contributed by atoms with van der Waals surface area (Å²) in [5, 5.41) is 3.17. The average molecular weight is 264 g/mol. The maximum Gasteiger partial charge on any atom is 0.144 e. The molecule has 0 aliphatic heterocycles. The van der Waals surface area contributed by atoms with E-state index in [1.54, 1.807) is 0 Å². The van der Waals surface area contributed by atoms with Crippen molar-refractivity contribution in [1.82, 2.24) is 14.9 Å². The molecule has 1 aromatic heterocycles. The van der Waals surface area contributed by atoms with E-state index >= 15 is 0 Å². The Bertz CT molecular complexity index is 315. The molecule has 0 saturated carbocycles. The quantitative estimate of drug-likeness (QED) is 0.704. The third-order valence-corrected chi connectivity index (χ3v) is 3.10. The van der Waals surface area contributed by atoms with Crippen LogP contribution in [0, 0.1) is 0 Å². The summed E-state index contributed by atoms with van der Waals surface area (Å²) in [6.07, 6.45) is 8.72. The summed E-state index contributed by atoms with van der Waals surface area (Å²) in [7, 11) is 0. The van der Waals surface area contributed by atoms with E-state index in [-0.39, 0.29) is 0 Å². The van der Waals surface area contributed by atoms with Gasteiger partial charge in [0.25, 0.3) is 0 Å². The van der Waals surface area contributed by atoms with Crippen molar-refractivity contribution in [2.75, 3.05) is 25.0 Å². The molecule has 4 heteroatoms. The SMILES string of the molecule is CCCCN(CCCC)Cc1cnc(NCC)cn1. The van der Waals surface area contributed by atoms with Gasteiger partial charge in [0.05, 0.1) is 18.1 Å². The van der Waals surface area contributed by atoms with E-state index in [1.807, 2.05) is 12.4 Å². The van der Waals surface area contributed by atoms with Gasteiger partial charge in [0.2, 0.25) is 0 Å². The molecule has 0 fully saturated rings. The van der Waals surface area contributed by atoms with Crippen molar-refractivity contribution in [3.8, 4) is 0 Å². The lowest BCUT2D eigenvalue weighted by molar-refractivity contribution is 0.254. The number of rotatable bonds is 10. The first kappa shape index (κ1) is 15.9. The van der Waals surface area contributed by atoms with Crippen molar-refractivity contribution in [1.29, 1.82) is 0 Å². The fraction of sp³-hybridized carbons (Fsp3) is 0.733. The highest BCUT2D eigenvalue weighted by Gasteiger charge is 2.06. The molecule has 4 nitrogen and oxygen atoms in total. The Balaban J connectivity index is 2.51. The molecule has 0 spiro atoms. The zero-order valence-corrected chi connectivity index (χ0v) is 12.7. The molecule has 0 saturated heterocycles. The zero-order valence-electron chi connectivity index (χ0n) is 12.7. The van der Waals surface area contributed by atoms with Crippen LogP contribution in [0.25, 0.3) is 0 Å². The summed E-state index contributed by atoms with van der Waals surface area (Å²) >= 11 is 0. The van der Waals surface area contributed by atoms with Crippen LogP contribution in [0.2, 0.25) is 0 Å². The minimum absolute atomic E-state index is 0.861. The summed E-state index contributed by atoms with van der Waals surface area (Å²) in [5.41, 5.74) is 1.06. The number of anilines is 1. The van der Waals surface area contributed by atoms with Crippen molar-refractivity contribution in [3.05, 3.63) is 18.1 Å². The highest BCUT2D eigenvalue weighted by Crippen LogP contribution is 2.07. The lowest BCUT2D eigenvalue weighted by Crippen LogP contribution is -2.26. The number of unbranched alkanes of at least 4 members (excludes halogenated alkanes) is 2. The molecule has 1 rings (SSSR count). The minimum atomic E-state index is 0.861. The third-order valence-electron chi connectivity index (χ3n) is 3.10. The second-order valence-corrected chi connectivity index (χ2v) is 4.91. The summed E-state index contributed by atoms with van der Waals surface area (Å²) in [6.45, 7) is 10.7. The van der Waals surface area contributed by atoms with Crippen molar-refractivity contribution >= 4 is 5.82 Å². The van der Waals surface area contributed by atoms with Crippen LogP contribution < -0.4 is 5.32 Å². The van der Waals surface area contributed by atoms with Gasteiger partial charge in [0, 0.05) is 13.1 Å². The van der Waals surface area contributed by atoms with Crippen LogP contribution in [-0.2, 0) is 6.54 Å². The smallest absolute Gasteiger partial charge is 0.144 e. The van der Waals surface area contributed by atoms with Crippen LogP contribution in [0.4, 0.5) is 5.82 Å². The summed E-state index contributed by atoms with van der Waals surface area (Å²) < 4.78 is 0. The molecule has 1 aromatic rings. The van der Waals surface area contributed by atoms with E-state index in [9.17, 15) is 0 Å². The maximum absolute atomic E-state index is 4.49. The molecule has 108 valence electrons. The van der Waals surface area contributed by atoms with E-state index in [0.29, 0.717) is 0 Å². The molecule has 1 heterocycles. The molecule has 1 N–H and O–H groups in total. The zero-order chi connectivity index (χ0) is 13.9. The first-order chi connectivity index (χ1) is 9.30. The standard InChI is InChI=1S/C15H28N4/c1-4-7-9-19(10-8-5-2)13-14-11-18-15(12-17-14)16-6-3/h11-12H,4-10,13H2,1-3H3,(H,16,18). The van der Waals surface area contributed by atoms with Crippen LogP contribution in [0.5, 0.6) is 0 Å². The van der Waals surface area contributed by atoms with Crippen LogP contribution in [0.15, 0.2) is 12.4 Å². The van der Waals surface area contributed by atoms with Gasteiger partial charge in [-0.2, -0.15) is 0 Å². The van der Waals surface area contributed by atoms with Gasteiger partial charge in [-0.15, -0.1) is 0 Å². The molecule has 0 unspecified atom stereocenters. The van der Waals surface area contributed by atoms with Gasteiger partial charge in [-0.1, -0.05) is 26.7 Å². The van der Waals surface area contributed by atoms with Gasteiger partial charge in [-0.05, 0) is 32.9 Å². The van der Waals surface area contributed by atoms with Crippen LogP contribution >= 0.6 is 0 Å². The van der Waals surface area contributed by atoms with Gasteiger partial charge >= 0.3 is 0 Å². The van der Waals surface area contributed by atoms with Crippen LogP contribution in [0.3, 0.4) is 0 Å².